The predicted octanol–water partition coefficient (Wildman–Crippen LogP) is 4.99. The van der Waals surface area contributed by atoms with E-state index in [4.69, 9.17) is 4.74 Å². The molecule has 2 heterocycles. The molecule has 0 atom stereocenters. The first-order chi connectivity index (χ1) is 12.8. The first-order valence-electron chi connectivity index (χ1n) is 8.80. The minimum absolute atomic E-state index is 0.379. The van der Waals surface area contributed by atoms with Crippen LogP contribution in [0.3, 0.4) is 0 Å². The largest absolute Gasteiger partial charge is 0.443 e. The molecule has 4 rings (SSSR count). The molecule has 2 amide bonds. The molecular formula is C22H20N2O3. The molecule has 3 aromatic rings. The van der Waals surface area contributed by atoms with Crippen LogP contribution in [0.25, 0.3) is 22.6 Å². The highest BCUT2D eigenvalue weighted by Gasteiger charge is 2.38. The lowest BCUT2D eigenvalue weighted by Gasteiger charge is -2.23. The number of fused-ring (bicyclic) bond motifs is 2. The number of H-pyrrole nitrogens is 1. The number of rotatable bonds is 1. The smallest absolute Gasteiger partial charge is 0.422 e. The molecule has 1 N–H and O–H groups in total. The fourth-order valence-electron chi connectivity index (χ4n) is 3.24. The lowest BCUT2D eigenvalue weighted by atomic mass is 10.0. The zero-order chi connectivity index (χ0) is 19.2. The number of carbonyl (C=O) groups excluding carboxylic acids is 2. The van der Waals surface area contributed by atoms with Crippen LogP contribution < -0.4 is 4.90 Å². The van der Waals surface area contributed by atoms with E-state index >= 15 is 0 Å². The Labute approximate surface area is 157 Å². The number of nitrogens with zero attached hydrogens (tertiary/aromatic N) is 1. The number of benzene rings is 2. The number of ether oxygens (including phenoxy) is 1. The van der Waals surface area contributed by atoms with Gasteiger partial charge in [-0.1, -0.05) is 36.4 Å². The number of hydrogen-bond donors (Lipinski definition) is 1. The van der Waals surface area contributed by atoms with Gasteiger partial charge < -0.3 is 9.72 Å². The Hall–Kier alpha value is -3.34. The maximum Gasteiger partial charge on any atom is 0.422 e. The van der Waals surface area contributed by atoms with Gasteiger partial charge in [0.25, 0.3) is 5.91 Å². The van der Waals surface area contributed by atoms with Gasteiger partial charge in [0, 0.05) is 28.2 Å². The van der Waals surface area contributed by atoms with Crippen molar-refractivity contribution in [1.82, 2.24) is 4.98 Å². The summed E-state index contributed by atoms with van der Waals surface area (Å²) in [6.07, 6.45) is 3.02. The molecule has 0 spiro atoms. The van der Waals surface area contributed by atoms with Crippen molar-refractivity contribution in [2.24, 2.45) is 0 Å². The Morgan fingerprint density at radius 2 is 1.78 bits per heavy atom. The highest BCUT2D eigenvalue weighted by Crippen LogP contribution is 2.39. The van der Waals surface area contributed by atoms with E-state index in [1.54, 1.807) is 32.9 Å². The van der Waals surface area contributed by atoms with Gasteiger partial charge in [0.1, 0.15) is 5.60 Å². The van der Waals surface area contributed by atoms with Crippen LogP contribution in [0.2, 0.25) is 0 Å². The van der Waals surface area contributed by atoms with Crippen molar-refractivity contribution >= 4 is 40.2 Å². The molecule has 1 aromatic heterocycles. The molecule has 0 bridgehead atoms. The van der Waals surface area contributed by atoms with Crippen LogP contribution in [-0.4, -0.2) is 22.6 Å². The highest BCUT2D eigenvalue weighted by molar-refractivity contribution is 6.41. The van der Waals surface area contributed by atoms with E-state index in [1.807, 2.05) is 48.7 Å². The third-order valence-electron chi connectivity index (χ3n) is 4.37. The van der Waals surface area contributed by atoms with E-state index in [2.05, 4.69) is 4.98 Å². The first-order valence-corrected chi connectivity index (χ1v) is 8.80. The Balaban J connectivity index is 1.81. The van der Waals surface area contributed by atoms with Crippen LogP contribution in [0.4, 0.5) is 10.5 Å². The lowest BCUT2D eigenvalue weighted by molar-refractivity contribution is -0.112. The quantitative estimate of drug-likeness (QED) is 0.622. The topological polar surface area (TPSA) is 62.4 Å². The van der Waals surface area contributed by atoms with E-state index in [9.17, 15) is 9.59 Å². The normalized spacial score (nSPS) is 15.4. The summed E-state index contributed by atoms with van der Waals surface area (Å²) >= 11 is 0. The minimum atomic E-state index is -0.685. The second kappa shape index (κ2) is 6.13. The van der Waals surface area contributed by atoms with E-state index in [0.29, 0.717) is 11.3 Å². The Morgan fingerprint density at radius 1 is 1.07 bits per heavy atom. The summed E-state index contributed by atoms with van der Waals surface area (Å²) < 4.78 is 5.44. The van der Waals surface area contributed by atoms with E-state index in [-0.39, 0.29) is 5.91 Å². The molecule has 1 aliphatic rings. The molecule has 2 aromatic carbocycles. The zero-order valence-electron chi connectivity index (χ0n) is 15.4. The predicted molar refractivity (Wildman–Crippen MR) is 106 cm³/mol. The van der Waals surface area contributed by atoms with Gasteiger partial charge in [-0.3, -0.25) is 4.79 Å². The molecule has 5 nitrogen and oxygen atoms in total. The van der Waals surface area contributed by atoms with Gasteiger partial charge in [0.2, 0.25) is 0 Å². The average molecular weight is 360 g/mol. The fraction of sp³-hybridized carbons (Fsp3) is 0.182. The van der Waals surface area contributed by atoms with Crippen molar-refractivity contribution in [3.05, 3.63) is 65.9 Å². The third kappa shape index (κ3) is 3.01. The van der Waals surface area contributed by atoms with Gasteiger partial charge in [-0.25, -0.2) is 9.69 Å². The van der Waals surface area contributed by atoms with Crippen LogP contribution in [-0.2, 0) is 9.53 Å². The molecule has 0 fully saturated rings. The maximum absolute atomic E-state index is 13.1. The van der Waals surface area contributed by atoms with Crippen molar-refractivity contribution < 1.29 is 14.3 Å². The van der Waals surface area contributed by atoms with Crippen molar-refractivity contribution in [1.29, 1.82) is 0 Å². The van der Waals surface area contributed by atoms with Gasteiger partial charge >= 0.3 is 6.09 Å². The van der Waals surface area contributed by atoms with Crippen LogP contribution in [0, 0.1) is 0 Å². The van der Waals surface area contributed by atoms with Crippen molar-refractivity contribution in [2.75, 3.05) is 4.90 Å². The van der Waals surface area contributed by atoms with Gasteiger partial charge in [-0.05, 0) is 39.0 Å². The number of nitrogens with one attached hydrogen (secondary N) is 1. The highest BCUT2D eigenvalue weighted by atomic mass is 16.6. The third-order valence-corrected chi connectivity index (χ3v) is 4.37. The molecule has 1 aliphatic heterocycles. The molecule has 0 radical (unpaired) electrons. The van der Waals surface area contributed by atoms with Crippen LogP contribution >= 0.6 is 0 Å². The van der Waals surface area contributed by atoms with Gasteiger partial charge in [0.15, 0.2) is 0 Å². The number of aromatic amines is 1. The fourth-order valence-corrected chi connectivity index (χ4v) is 3.24. The number of aromatic nitrogens is 1. The Bertz CT molecular complexity index is 1090. The second-order valence-electron chi connectivity index (χ2n) is 7.49. The molecule has 0 saturated carbocycles. The molecule has 136 valence electrons. The summed E-state index contributed by atoms with van der Waals surface area (Å²) in [4.78, 5) is 30.1. The van der Waals surface area contributed by atoms with Crippen molar-refractivity contribution in [2.45, 2.75) is 26.4 Å². The zero-order valence-corrected chi connectivity index (χ0v) is 15.4. The Kier molecular flexibility index (Phi) is 3.88. The molecule has 0 aliphatic carbocycles. The average Bonchev–Trinajstić information content (AvgIpc) is 3.13. The summed E-state index contributed by atoms with van der Waals surface area (Å²) in [6, 6.07) is 15.1. The summed E-state index contributed by atoms with van der Waals surface area (Å²) in [6.45, 7) is 5.33. The van der Waals surface area contributed by atoms with E-state index in [1.165, 1.54) is 0 Å². The van der Waals surface area contributed by atoms with Crippen molar-refractivity contribution in [3.63, 3.8) is 0 Å². The van der Waals surface area contributed by atoms with Crippen LogP contribution in [0.1, 0.15) is 31.9 Å². The molecular weight excluding hydrogens is 340 g/mol. The number of amides is 2. The number of carbonyl (C=O) groups is 2. The second-order valence-corrected chi connectivity index (χ2v) is 7.49. The van der Waals surface area contributed by atoms with Crippen LogP contribution in [0.5, 0.6) is 0 Å². The minimum Gasteiger partial charge on any atom is -0.443 e. The van der Waals surface area contributed by atoms with Gasteiger partial charge in [0.05, 0.1) is 11.3 Å². The number of hydrogen-bond acceptors (Lipinski definition) is 3. The molecule has 0 unspecified atom stereocenters. The summed E-state index contributed by atoms with van der Waals surface area (Å²) in [5.74, 6) is -0.379. The molecule has 27 heavy (non-hydrogen) atoms. The van der Waals surface area contributed by atoms with Gasteiger partial charge in [-0.15, -0.1) is 0 Å². The van der Waals surface area contributed by atoms with Crippen molar-refractivity contribution in [3.8, 4) is 0 Å². The molecule has 0 saturated heterocycles. The molecule has 5 heteroatoms. The van der Waals surface area contributed by atoms with Crippen LogP contribution in [0.15, 0.2) is 54.7 Å². The summed E-state index contributed by atoms with van der Waals surface area (Å²) in [5.41, 5.74) is 2.94. The maximum atomic E-state index is 13.1. The number of anilines is 1. The summed E-state index contributed by atoms with van der Waals surface area (Å²) in [5, 5.41) is 1.02. The lowest BCUT2D eigenvalue weighted by Crippen LogP contribution is -2.38. The SMILES string of the molecule is CC(C)(C)OC(=O)N1C(=O)/C(=C/c2c[nH]c3ccccc23)c2ccccc21. The number of imide groups is 1. The standard InChI is InChI=1S/C22H20N2O3/c1-22(2,3)27-21(26)24-19-11-7-5-9-16(19)17(20(24)25)12-14-13-23-18-10-6-4-8-15(14)18/h4-13,23H,1-3H3/b17-12+. The summed E-state index contributed by atoms with van der Waals surface area (Å²) in [7, 11) is 0. The van der Waals surface area contributed by atoms with Gasteiger partial charge in [-0.2, -0.15) is 0 Å². The van der Waals surface area contributed by atoms with E-state index in [0.717, 1.165) is 26.9 Å². The number of para-hydroxylation sites is 2. The Morgan fingerprint density at radius 3 is 2.56 bits per heavy atom. The first kappa shape index (κ1) is 17.1. The monoisotopic (exact) mass is 360 g/mol. The van der Waals surface area contributed by atoms with E-state index < -0.39 is 11.7 Å².